The maximum absolute atomic E-state index is 13.1. The van der Waals surface area contributed by atoms with Crippen molar-refractivity contribution in [2.45, 2.75) is 290 Å². The SMILES string of the molecule is CC/C=C\C/C=C\C/C=C\C/C=C\C/C=C\CCCC(=O)OCC(COP(=O)(O)OCC(O)COP(=O)(O)OCC(COC(=O)CCCCCCCC/C=C\C/C=C\C/C=C\CCCCC)OC(=O)CCCCCCC/C=C\C/C=C\CCC)OC(=O)C/C=C\C/C=C\C/C=C\C/C=C\C/C=C\CC. The van der Waals surface area contributed by atoms with Crippen LogP contribution in [0.5, 0.6) is 0 Å². The van der Waals surface area contributed by atoms with E-state index in [1.165, 1.54) is 19.3 Å². The third-order valence-corrected chi connectivity index (χ3v) is 17.2. The predicted molar refractivity (Wildman–Crippen MR) is 426 cm³/mol. The summed E-state index contributed by atoms with van der Waals surface area (Å²) in [6.07, 6.45) is 90.6. The van der Waals surface area contributed by atoms with Gasteiger partial charge in [0.05, 0.1) is 32.8 Å². The van der Waals surface area contributed by atoms with Crippen LogP contribution in [0.4, 0.5) is 0 Å². The number of esters is 4. The van der Waals surface area contributed by atoms with E-state index in [0.29, 0.717) is 32.1 Å². The number of hydrogen-bond donors (Lipinski definition) is 3. The molecule has 5 atom stereocenters. The molecule has 0 aromatic carbocycles. The molecular weight excluding hydrogens is 1350 g/mol. The summed E-state index contributed by atoms with van der Waals surface area (Å²) in [5, 5.41) is 10.6. The molecule has 17 nitrogen and oxygen atoms in total. The molecule has 0 aliphatic heterocycles. The Labute approximate surface area is 628 Å². The molecule has 588 valence electrons. The number of ether oxygens (including phenoxy) is 4. The summed E-state index contributed by atoms with van der Waals surface area (Å²) in [5.41, 5.74) is 0. The third-order valence-electron chi connectivity index (χ3n) is 15.3. The van der Waals surface area contributed by atoms with Crippen molar-refractivity contribution in [3.8, 4) is 0 Å². The zero-order valence-electron chi connectivity index (χ0n) is 64.1. The van der Waals surface area contributed by atoms with Crippen LogP contribution in [0.25, 0.3) is 0 Å². The van der Waals surface area contributed by atoms with Crippen LogP contribution in [0.2, 0.25) is 0 Å². The number of phosphoric ester groups is 2. The average Bonchev–Trinajstić information content (AvgIpc) is 0.939. The van der Waals surface area contributed by atoms with Gasteiger partial charge in [0.2, 0.25) is 0 Å². The lowest BCUT2D eigenvalue weighted by atomic mass is 10.1. The molecule has 0 saturated heterocycles. The van der Waals surface area contributed by atoms with Crippen LogP contribution in [0.15, 0.2) is 182 Å². The van der Waals surface area contributed by atoms with Crippen molar-refractivity contribution < 1.29 is 80.2 Å². The molecule has 3 N–H and O–H groups in total. The second kappa shape index (κ2) is 75.4. The van der Waals surface area contributed by atoms with E-state index in [0.717, 1.165) is 167 Å². The topological polar surface area (TPSA) is 237 Å². The summed E-state index contributed by atoms with van der Waals surface area (Å²) >= 11 is 0. The van der Waals surface area contributed by atoms with Crippen LogP contribution in [-0.2, 0) is 65.4 Å². The highest BCUT2D eigenvalue weighted by molar-refractivity contribution is 7.47. The summed E-state index contributed by atoms with van der Waals surface area (Å²) < 4.78 is 68.3. The number of carbonyl (C=O) groups is 4. The number of unbranched alkanes of at least 4 members (excludes halogenated alkanes) is 16. The van der Waals surface area contributed by atoms with E-state index in [9.17, 15) is 43.2 Å². The Balaban J connectivity index is 5.49. The highest BCUT2D eigenvalue weighted by Crippen LogP contribution is 2.45. The molecule has 0 fully saturated rings. The van der Waals surface area contributed by atoms with Crippen LogP contribution in [0.3, 0.4) is 0 Å². The fourth-order valence-corrected chi connectivity index (χ4v) is 11.1. The molecule has 0 spiro atoms. The highest BCUT2D eigenvalue weighted by atomic mass is 31.2. The van der Waals surface area contributed by atoms with Gasteiger partial charge in [-0.05, 0) is 154 Å². The minimum Gasteiger partial charge on any atom is -0.462 e. The largest absolute Gasteiger partial charge is 0.472 e. The lowest BCUT2D eigenvalue weighted by molar-refractivity contribution is -0.161. The van der Waals surface area contributed by atoms with Gasteiger partial charge in [-0.25, -0.2) is 9.13 Å². The first-order valence-corrected chi connectivity index (χ1v) is 42.0. The van der Waals surface area contributed by atoms with Gasteiger partial charge in [-0.2, -0.15) is 0 Å². The highest BCUT2D eigenvalue weighted by Gasteiger charge is 2.30. The Bertz CT molecular complexity index is 2690. The second-order valence-electron chi connectivity index (χ2n) is 25.2. The van der Waals surface area contributed by atoms with Gasteiger partial charge in [0.15, 0.2) is 12.2 Å². The Kier molecular flexibility index (Phi) is 71.2. The maximum atomic E-state index is 13.1. The van der Waals surface area contributed by atoms with Crippen molar-refractivity contribution in [2.24, 2.45) is 0 Å². The minimum absolute atomic E-state index is 0.0562. The van der Waals surface area contributed by atoms with Crippen LogP contribution in [-0.4, -0.2) is 96.7 Å². The predicted octanol–water partition coefficient (Wildman–Crippen LogP) is 22.8. The van der Waals surface area contributed by atoms with Crippen molar-refractivity contribution in [1.82, 2.24) is 0 Å². The van der Waals surface area contributed by atoms with E-state index in [1.54, 1.807) is 12.2 Å². The van der Waals surface area contributed by atoms with E-state index < -0.39 is 97.5 Å². The monoisotopic (exact) mass is 1490 g/mol. The first-order chi connectivity index (χ1) is 50.7. The molecule has 0 bridgehead atoms. The number of phosphoric acid groups is 2. The van der Waals surface area contributed by atoms with Crippen molar-refractivity contribution >= 4 is 39.5 Å². The molecule has 0 rings (SSSR count). The fraction of sp³-hybridized carbons (Fsp3) is 0.600. The molecule has 0 radical (unpaired) electrons. The standard InChI is InChI=1S/C85H136O17P2/c1-5-9-13-17-21-25-29-33-36-38-39-41-44-47-50-54-58-62-66-70-83(88)95-75-80(101-84(89)71-67-63-59-55-51-45-32-28-24-20-16-12-8-4)77-99-103(91,92)97-73-79(86)74-98-104(93,94)100-78-81(102-85(90)72-68-64-60-56-52-48-42-35-31-27-23-19-15-11-7-3)76-96-82(87)69-65-61-57-53-49-46-43-40-37-34-30-26-22-18-14-10-6-2/h10-11,14-16,20-23,25-28,32-37,39,41-43,46,52-53,56-57,64,68,79-81,86H,5-9,12-13,17-19,24,29-31,38,40,44-45,47-51,54-55,58-63,65-67,69-78H2,1-4H3,(H,91,92)(H,93,94)/b14-10-,15-11-,20-16-,25-21-,26-22-,27-23-,32-28-,36-33-,37-34-,41-39-,42-35-,46-43-,56-52-,57-53-,68-64-. The Morgan fingerprint density at radius 3 is 0.933 bits per heavy atom. The fourth-order valence-electron chi connectivity index (χ4n) is 9.49. The normalized spacial score (nSPS) is 14.9. The lowest BCUT2D eigenvalue weighted by Crippen LogP contribution is -2.30. The molecule has 0 aliphatic rings. The number of hydrogen-bond acceptors (Lipinski definition) is 15. The van der Waals surface area contributed by atoms with E-state index >= 15 is 0 Å². The Morgan fingerprint density at radius 1 is 0.288 bits per heavy atom. The maximum Gasteiger partial charge on any atom is 0.472 e. The van der Waals surface area contributed by atoms with E-state index in [2.05, 4.69) is 174 Å². The summed E-state index contributed by atoms with van der Waals surface area (Å²) in [6.45, 7) is 4.31. The third kappa shape index (κ3) is 74.4. The van der Waals surface area contributed by atoms with Crippen LogP contribution in [0, 0.1) is 0 Å². The van der Waals surface area contributed by atoms with Crippen molar-refractivity contribution in [3.05, 3.63) is 182 Å². The molecular formula is C85H136O17P2. The van der Waals surface area contributed by atoms with E-state index in [-0.39, 0.29) is 25.7 Å². The summed E-state index contributed by atoms with van der Waals surface area (Å²) in [7, 11) is -10.0. The molecule has 104 heavy (non-hydrogen) atoms. The Hall–Kier alpha value is -5.84. The number of allylic oxidation sites excluding steroid dienone is 29. The zero-order chi connectivity index (χ0) is 76.0. The summed E-state index contributed by atoms with van der Waals surface area (Å²) in [6, 6.07) is 0. The first-order valence-electron chi connectivity index (χ1n) is 39.0. The number of rotatable bonds is 71. The van der Waals surface area contributed by atoms with Gasteiger partial charge >= 0.3 is 39.5 Å². The van der Waals surface area contributed by atoms with Gasteiger partial charge in [0, 0.05) is 19.3 Å². The smallest absolute Gasteiger partial charge is 0.462 e. The van der Waals surface area contributed by atoms with Crippen LogP contribution < -0.4 is 0 Å². The van der Waals surface area contributed by atoms with Gasteiger partial charge in [0.25, 0.3) is 0 Å². The van der Waals surface area contributed by atoms with E-state index in [4.69, 9.17) is 37.0 Å². The molecule has 0 heterocycles. The van der Waals surface area contributed by atoms with Gasteiger partial charge in [-0.15, -0.1) is 0 Å². The summed E-state index contributed by atoms with van der Waals surface area (Å²) in [5.74, 6) is -2.44. The summed E-state index contributed by atoms with van der Waals surface area (Å²) in [4.78, 5) is 72.9. The number of carbonyl (C=O) groups excluding carboxylic acids is 4. The average molecular weight is 1490 g/mol. The zero-order valence-corrected chi connectivity index (χ0v) is 65.9. The molecule has 19 heteroatoms. The van der Waals surface area contributed by atoms with Gasteiger partial charge in [-0.1, -0.05) is 274 Å². The van der Waals surface area contributed by atoms with Gasteiger partial charge < -0.3 is 33.8 Å². The molecule has 0 aliphatic carbocycles. The van der Waals surface area contributed by atoms with E-state index in [1.807, 2.05) is 24.3 Å². The van der Waals surface area contributed by atoms with Gasteiger partial charge in [-0.3, -0.25) is 37.3 Å². The van der Waals surface area contributed by atoms with Crippen molar-refractivity contribution in [3.63, 3.8) is 0 Å². The lowest BCUT2D eigenvalue weighted by Gasteiger charge is -2.21. The second-order valence-corrected chi connectivity index (χ2v) is 28.1. The molecule has 0 saturated carbocycles. The molecule has 5 unspecified atom stereocenters. The van der Waals surface area contributed by atoms with Crippen molar-refractivity contribution in [2.75, 3.05) is 39.6 Å². The quantitative estimate of drug-likeness (QED) is 0.0169. The van der Waals surface area contributed by atoms with Crippen molar-refractivity contribution in [1.29, 1.82) is 0 Å². The van der Waals surface area contributed by atoms with Crippen LogP contribution >= 0.6 is 15.6 Å². The molecule has 0 aromatic heterocycles. The molecule has 0 aromatic rings. The molecule has 0 amide bonds. The van der Waals surface area contributed by atoms with Gasteiger partial charge in [0.1, 0.15) is 19.3 Å². The number of aliphatic hydroxyl groups excluding tert-OH is 1. The minimum atomic E-state index is -5.02. The van der Waals surface area contributed by atoms with Crippen LogP contribution in [0.1, 0.15) is 272 Å². The Morgan fingerprint density at radius 2 is 0.567 bits per heavy atom. The number of aliphatic hydroxyl groups is 1. The first kappa shape index (κ1) is 98.2.